The molecule has 1 N–H and O–H groups in total. The summed E-state index contributed by atoms with van der Waals surface area (Å²) in [6, 6.07) is 13.4. The number of halogens is 4. The summed E-state index contributed by atoms with van der Waals surface area (Å²) in [7, 11) is -3.55. The lowest BCUT2D eigenvalue weighted by molar-refractivity contribution is -0.144. The van der Waals surface area contributed by atoms with Gasteiger partial charge in [-0.2, -0.15) is 18.3 Å². The number of carbonyl (C=O) groups is 1. The topological polar surface area (TPSA) is 81.1 Å². The number of anilines is 1. The van der Waals surface area contributed by atoms with Crippen LogP contribution in [0, 0.1) is 0 Å². The normalized spacial score (nSPS) is 15.8. The van der Waals surface area contributed by atoms with E-state index in [0.717, 1.165) is 12.3 Å². The van der Waals surface area contributed by atoms with Crippen LogP contribution in [0.5, 0.6) is 0 Å². The van der Waals surface area contributed by atoms with Gasteiger partial charge in [-0.3, -0.25) is 4.79 Å². The largest absolute Gasteiger partial charge is 0.433 e. The SMILES string of the molecule is CS(=O)(=O)c1ccc(-c2nn(CC(=O)Nc3ccccc3)c(C(F)(F)F)c2C2=CC=CC(F)C=C2)cc1. The maximum absolute atomic E-state index is 14.5. The van der Waals surface area contributed by atoms with Crippen molar-refractivity contribution in [3.8, 4) is 11.3 Å². The van der Waals surface area contributed by atoms with E-state index in [0.29, 0.717) is 10.4 Å². The van der Waals surface area contributed by atoms with E-state index in [4.69, 9.17) is 0 Å². The minimum Gasteiger partial charge on any atom is -0.324 e. The van der Waals surface area contributed by atoms with Crippen molar-refractivity contribution in [2.24, 2.45) is 0 Å². The standard InChI is InChI=1S/C26H21F4N3O3S/c1-37(35,36)21-14-11-18(12-15-21)24-23(17-6-5-7-19(27)13-10-17)25(26(28,29)30)33(32-24)16-22(34)31-20-8-3-2-4-9-20/h2-15,19H,16H2,1H3,(H,31,34). The number of carbonyl (C=O) groups excluding carboxylic acids is 1. The molecule has 1 aromatic heterocycles. The van der Waals surface area contributed by atoms with Gasteiger partial charge >= 0.3 is 6.18 Å². The maximum atomic E-state index is 14.5. The fourth-order valence-corrected chi connectivity index (χ4v) is 4.44. The van der Waals surface area contributed by atoms with Crippen LogP contribution >= 0.6 is 0 Å². The average molecular weight is 532 g/mol. The predicted octanol–water partition coefficient (Wildman–Crippen LogP) is 5.46. The molecule has 1 heterocycles. The lowest BCUT2D eigenvalue weighted by Gasteiger charge is -2.13. The number of hydrogen-bond acceptors (Lipinski definition) is 4. The smallest absolute Gasteiger partial charge is 0.324 e. The number of allylic oxidation sites excluding steroid dienone is 6. The third-order valence-corrected chi connectivity index (χ3v) is 6.58. The van der Waals surface area contributed by atoms with E-state index in [1.807, 2.05) is 0 Å². The fraction of sp³-hybridized carbons (Fsp3) is 0.154. The van der Waals surface area contributed by atoms with Crippen LogP contribution in [0.3, 0.4) is 0 Å². The second kappa shape index (κ2) is 10.2. The van der Waals surface area contributed by atoms with Crippen molar-refractivity contribution in [2.45, 2.75) is 23.8 Å². The third-order valence-electron chi connectivity index (χ3n) is 5.45. The molecule has 0 aliphatic heterocycles. The van der Waals surface area contributed by atoms with Crippen LogP contribution < -0.4 is 5.32 Å². The molecular weight excluding hydrogens is 510 g/mol. The molecule has 4 rings (SSSR count). The van der Waals surface area contributed by atoms with Gasteiger partial charge in [-0.25, -0.2) is 17.5 Å². The Labute approximate surface area is 210 Å². The highest BCUT2D eigenvalue weighted by Gasteiger charge is 2.41. The van der Waals surface area contributed by atoms with Gasteiger partial charge in [0.15, 0.2) is 15.5 Å². The van der Waals surface area contributed by atoms with Crippen molar-refractivity contribution >= 4 is 27.0 Å². The molecule has 1 aliphatic carbocycles. The third kappa shape index (κ3) is 6.05. The summed E-state index contributed by atoms with van der Waals surface area (Å²) >= 11 is 0. The number of amides is 1. The minimum absolute atomic E-state index is 0.0210. The Hall–Kier alpha value is -3.99. The van der Waals surface area contributed by atoms with E-state index < -0.39 is 40.3 Å². The van der Waals surface area contributed by atoms with E-state index in [1.165, 1.54) is 48.6 Å². The molecule has 6 nitrogen and oxygen atoms in total. The van der Waals surface area contributed by atoms with Crippen molar-refractivity contribution in [1.82, 2.24) is 9.78 Å². The van der Waals surface area contributed by atoms with E-state index in [1.54, 1.807) is 30.3 Å². The predicted molar refractivity (Wildman–Crippen MR) is 132 cm³/mol. The number of benzene rings is 2. The second-order valence-electron chi connectivity index (χ2n) is 8.25. The number of hydrogen-bond donors (Lipinski definition) is 1. The van der Waals surface area contributed by atoms with Gasteiger partial charge in [0.2, 0.25) is 5.91 Å². The van der Waals surface area contributed by atoms with Crippen molar-refractivity contribution < 1.29 is 30.8 Å². The first-order chi connectivity index (χ1) is 17.4. The van der Waals surface area contributed by atoms with E-state index >= 15 is 0 Å². The van der Waals surface area contributed by atoms with Crippen molar-refractivity contribution in [2.75, 3.05) is 11.6 Å². The van der Waals surface area contributed by atoms with Crippen LogP contribution in [0.15, 0.2) is 89.9 Å². The highest BCUT2D eigenvalue weighted by Crippen LogP contribution is 2.41. The number of aromatic nitrogens is 2. The van der Waals surface area contributed by atoms with Crippen LogP contribution in [-0.2, 0) is 27.4 Å². The van der Waals surface area contributed by atoms with E-state index in [-0.39, 0.29) is 27.3 Å². The average Bonchev–Trinajstić information content (AvgIpc) is 3.07. The molecule has 1 unspecified atom stereocenters. The first-order valence-electron chi connectivity index (χ1n) is 11.0. The fourth-order valence-electron chi connectivity index (χ4n) is 3.81. The molecule has 37 heavy (non-hydrogen) atoms. The Morgan fingerprint density at radius 1 is 1.05 bits per heavy atom. The zero-order valence-electron chi connectivity index (χ0n) is 19.4. The zero-order chi connectivity index (χ0) is 26.8. The van der Waals surface area contributed by atoms with Crippen LogP contribution in [0.2, 0.25) is 0 Å². The molecule has 0 saturated carbocycles. The van der Waals surface area contributed by atoms with Crippen LogP contribution in [0.1, 0.15) is 11.3 Å². The second-order valence-corrected chi connectivity index (χ2v) is 10.3. The number of rotatable bonds is 6. The molecule has 2 aromatic carbocycles. The summed E-state index contributed by atoms with van der Waals surface area (Å²) in [5.74, 6) is -0.737. The maximum Gasteiger partial charge on any atom is 0.433 e. The summed E-state index contributed by atoms with van der Waals surface area (Å²) in [4.78, 5) is 12.6. The number of nitrogens with one attached hydrogen (secondary N) is 1. The number of para-hydroxylation sites is 1. The molecule has 0 spiro atoms. The molecule has 0 radical (unpaired) electrons. The Kier molecular flexibility index (Phi) is 7.17. The first-order valence-corrected chi connectivity index (χ1v) is 12.9. The highest BCUT2D eigenvalue weighted by atomic mass is 32.2. The molecule has 0 saturated heterocycles. The number of nitrogens with zero attached hydrogens (tertiary/aromatic N) is 2. The molecular formula is C26H21F4N3O3S. The highest BCUT2D eigenvalue weighted by molar-refractivity contribution is 7.90. The van der Waals surface area contributed by atoms with Gasteiger partial charge in [-0.1, -0.05) is 48.6 Å². The Morgan fingerprint density at radius 2 is 1.73 bits per heavy atom. The Balaban J connectivity index is 1.87. The molecule has 0 bridgehead atoms. The van der Waals surface area contributed by atoms with Crippen LogP contribution in [0.4, 0.5) is 23.2 Å². The van der Waals surface area contributed by atoms with Gasteiger partial charge < -0.3 is 5.32 Å². The zero-order valence-corrected chi connectivity index (χ0v) is 20.2. The molecule has 3 aromatic rings. The Morgan fingerprint density at radius 3 is 2.35 bits per heavy atom. The van der Waals surface area contributed by atoms with Gasteiger partial charge in [0.1, 0.15) is 18.4 Å². The summed E-state index contributed by atoms with van der Waals surface area (Å²) < 4.78 is 81.5. The van der Waals surface area contributed by atoms with Crippen molar-refractivity contribution in [3.63, 3.8) is 0 Å². The summed E-state index contributed by atoms with van der Waals surface area (Å²) in [5.41, 5.74) is -1.07. The van der Waals surface area contributed by atoms with Crippen LogP contribution in [-0.4, -0.2) is 36.5 Å². The molecule has 1 atom stereocenters. The van der Waals surface area contributed by atoms with Gasteiger partial charge in [-0.15, -0.1) is 0 Å². The lowest BCUT2D eigenvalue weighted by atomic mass is 9.97. The molecule has 1 amide bonds. The monoisotopic (exact) mass is 531 g/mol. The van der Waals surface area contributed by atoms with Crippen molar-refractivity contribution in [3.05, 3.63) is 96.2 Å². The first kappa shape index (κ1) is 26.1. The lowest BCUT2D eigenvalue weighted by Crippen LogP contribution is -2.24. The van der Waals surface area contributed by atoms with E-state index in [9.17, 15) is 30.8 Å². The molecule has 0 fully saturated rings. The summed E-state index contributed by atoms with van der Waals surface area (Å²) in [6.45, 7) is -0.753. The van der Waals surface area contributed by atoms with Gasteiger partial charge in [0.05, 0.1) is 4.90 Å². The number of sulfone groups is 1. The quantitative estimate of drug-likeness (QED) is 0.429. The molecule has 1 aliphatic rings. The summed E-state index contributed by atoms with van der Waals surface area (Å²) in [6.07, 6.45) is 0.713. The van der Waals surface area contributed by atoms with Crippen molar-refractivity contribution in [1.29, 1.82) is 0 Å². The van der Waals surface area contributed by atoms with Crippen LogP contribution in [0.25, 0.3) is 16.8 Å². The van der Waals surface area contributed by atoms with Gasteiger partial charge in [0, 0.05) is 23.1 Å². The summed E-state index contributed by atoms with van der Waals surface area (Å²) in [5, 5.41) is 6.67. The van der Waals surface area contributed by atoms with E-state index in [2.05, 4.69) is 10.4 Å². The molecule has 192 valence electrons. The number of alkyl halides is 4. The Bertz CT molecular complexity index is 1500. The van der Waals surface area contributed by atoms with Gasteiger partial charge in [-0.05, 0) is 42.0 Å². The van der Waals surface area contributed by atoms with Gasteiger partial charge in [0.25, 0.3) is 0 Å². The minimum atomic E-state index is -4.93. The molecule has 11 heteroatoms.